The maximum atomic E-state index is 8.85. The van der Waals surface area contributed by atoms with Crippen LogP contribution in [0.5, 0.6) is 0 Å². The number of aliphatic hydroxyl groups is 2. The van der Waals surface area contributed by atoms with Crippen LogP contribution in [0.4, 0.5) is 11.4 Å². The van der Waals surface area contributed by atoms with Crippen LogP contribution in [0, 0.1) is 5.53 Å². The molecule has 0 aliphatic rings. The molecule has 0 aliphatic carbocycles. The van der Waals surface area contributed by atoms with E-state index in [0.717, 1.165) is 5.69 Å². The highest BCUT2D eigenvalue weighted by Gasteiger charge is 2.04. The fourth-order valence-corrected chi connectivity index (χ4v) is 1.35. The number of nitrogens with one attached hydrogen (secondary N) is 1. The van der Waals surface area contributed by atoms with Gasteiger partial charge in [-0.2, -0.15) is 5.11 Å². The molecule has 0 bridgehead atoms. The summed E-state index contributed by atoms with van der Waals surface area (Å²) in [5.74, 6) is 0. The monoisotopic (exact) mass is 209 g/mol. The molecule has 5 heteroatoms. The van der Waals surface area contributed by atoms with E-state index in [1.54, 1.807) is 12.1 Å². The molecule has 0 heterocycles. The van der Waals surface area contributed by atoms with Gasteiger partial charge in [-0.1, -0.05) is 0 Å². The molecule has 0 saturated heterocycles. The van der Waals surface area contributed by atoms with E-state index in [1.165, 1.54) is 0 Å². The van der Waals surface area contributed by atoms with Crippen LogP contribution in [0.15, 0.2) is 29.4 Å². The molecule has 0 unspecified atom stereocenters. The van der Waals surface area contributed by atoms with Crippen molar-refractivity contribution in [2.24, 2.45) is 5.11 Å². The Bertz CT molecular complexity index is 294. The van der Waals surface area contributed by atoms with Gasteiger partial charge in [-0.3, -0.25) is 0 Å². The molecule has 5 nitrogen and oxygen atoms in total. The molecular weight excluding hydrogens is 194 g/mol. The number of rotatable bonds is 6. The topological polar surface area (TPSA) is 79.9 Å². The van der Waals surface area contributed by atoms with Gasteiger partial charge in [0.05, 0.1) is 18.9 Å². The second-order valence-electron chi connectivity index (χ2n) is 3.06. The highest BCUT2D eigenvalue weighted by atomic mass is 16.3. The summed E-state index contributed by atoms with van der Waals surface area (Å²) in [7, 11) is 0. The zero-order chi connectivity index (χ0) is 11.1. The Morgan fingerprint density at radius 1 is 1.07 bits per heavy atom. The van der Waals surface area contributed by atoms with Gasteiger partial charge in [0.1, 0.15) is 0 Å². The smallest absolute Gasteiger partial charge is 0.0851 e. The zero-order valence-electron chi connectivity index (χ0n) is 8.43. The third-order valence-electron chi connectivity index (χ3n) is 2.08. The Kier molecular flexibility index (Phi) is 4.73. The van der Waals surface area contributed by atoms with Crippen molar-refractivity contribution in [1.82, 2.24) is 0 Å². The van der Waals surface area contributed by atoms with Crippen LogP contribution in [0.2, 0.25) is 0 Å². The molecule has 15 heavy (non-hydrogen) atoms. The van der Waals surface area contributed by atoms with Crippen LogP contribution in [0.25, 0.3) is 0 Å². The fraction of sp³-hybridized carbons (Fsp3) is 0.400. The molecule has 0 amide bonds. The van der Waals surface area contributed by atoms with Crippen molar-refractivity contribution >= 4 is 11.4 Å². The molecule has 82 valence electrons. The standard InChI is InChI=1S/C10H15N3O2/c11-12-9-1-3-10(4-2-9)13(5-7-14)6-8-15/h1-4,11,14-15H,5-8H2. The minimum Gasteiger partial charge on any atom is -0.395 e. The summed E-state index contributed by atoms with van der Waals surface area (Å²) in [6.07, 6.45) is 0. The highest BCUT2D eigenvalue weighted by Crippen LogP contribution is 2.19. The lowest BCUT2D eigenvalue weighted by Gasteiger charge is -2.22. The van der Waals surface area contributed by atoms with Gasteiger partial charge in [-0.25, -0.2) is 5.53 Å². The first-order valence-electron chi connectivity index (χ1n) is 4.76. The average Bonchev–Trinajstić information content (AvgIpc) is 2.29. The van der Waals surface area contributed by atoms with E-state index in [4.69, 9.17) is 15.7 Å². The van der Waals surface area contributed by atoms with Crippen molar-refractivity contribution < 1.29 is 10.2 Å². The second-order valence-corrected chi connectivity index (χ2v) is 3.06. The van der Waals surface area contributed by atoms with Crippen LogP contribution in [-0.2, 0) is 0 Å². The van der Waals surface area contributed by atoms with Crippen molar-refractivity contribution in [3.05, 3.63) is 24.3 Å². The summed E-state index contributed by atoms with van der Waals surface area (Å²) in [5.41, 5.74) is 8.31. The molecule has 0 fully saturated rings. The number of hydrogen-bond acceptors (Lipinski definition) is 5. The Labute approximate surface area is 88.5 Å². The van der Waals surface area contributed by atoms with Gasteiger partial charge in [0.2, 0.25) is 0 Å². The van der Waals surface area contributed by atoms with E-state index >= 15 is 0 Å². The second kappa shape index (κ2) is 6.10. The van der Waals surface area contributed by atoms with Gasteiger partial charge in [0.15, 0.2) is 0 Å². The first-order chi connectivity index (χ1) is 7.31. The predicted octanol–water partition coefficient (Wildman–Crippen LogP) is 1.14. The molecule has 3 N–H and O–H groups in total. The van der Waals surface area contributed by atoms with Gasteiger partial charge in [-0.05, 0) is 24.3 Å². The van der Waals surface area contributed by atoms with E-state index in [0.29, 0.717) is 18.8 Å². The normalized spacial score (nSPS) is 10.0. The third kappa shape index (κ3) is 3.30. The van der Waals surface area contributed by atoms with Crippen molar-refractivity contribution in [1.29, 1.82) is 5.53 Å². The summed E-state index contributed by atoms with van der Waals surface area (Å²) in [6, 6.07) is 7.09. The minimum absolute atomic E-state index is 0.0462. The highest BCUT2D eigenvalue weighted by molar-refractivity contribution is 5.52. The Morgan fingerprint density at radius 3 is 2.00 bits per heavy atom. The SMILES string of the molecule is N=Nc1ccc(N(CCO)CCO)cc1. The molecule has 0 atom stereocenters. The minimum atomic E-state index is 0.0462. The number of benzene rings is 1. The molecule has 0 radical (unpaired) electrons. The van der Waals surface area contributed by atoms with Crippen LogP contribution < -0.4 is 4.90 Å². The number of nitrogens with zero attached hydrogens (tertiary/aromatic N) is 2. The van der Waals surface area contributed by atoms with E-state index in [-0.39, 0.29) is 13.2 Å². The van der Waals surface area contributed by atoms with Crippen molar-refractivity contribution in [3.63, 3.8) is 0 Å². The maximum Gasteiger partial charge on any atom is 0.0851 e. The van der Waals surface area contributed by atoms with E-state index in [2.05, 4.69) is 5.11 Å². The van der Waals surface area contributed by atoms with Crippen LogP contribution >= 0.6 is 0 Å². The molecule has 0 spiro atoms. The molecule has 0 saturated carbocycles. The number of aliphatic hydroxyl groups excluding tert-OH is 2. The van der Waals surface area contributed by atoms with Crippen molar-refractivity contribution in [2.75, 3.05) is 31.2 Å². The molecule has 1 aromatic rings. The summed E-state index contributed by atoms with van der Waals surface area (Å²) in [5, 5.41) is 21.0. The summed E-state index contributed by atoms with van der Waals surface area (Å²) in [6.45, 7) is 1.06. The molecule has 1 aromatic carbocycles. The first-order valence-corrected chi connectivity index (χ1v) is 4.76. The Balaban J connectivity index is 2.76. The van der Waals surface area contributed by atoms with E-state index in [9.17, 15) is 0 Å². The Hall–Kier alpha value is -1.46. The number of anilines is 1. The van der Waals surface area contributed by atoms with Gasteiger partial charge in [-0.15, -0.1) is 0 Å². The third-order valence-corrected chi connectivity index (χ3v) is 2.08. The largest absolute Gasteiger partial charge is 0.395 e. The lowest BCUT2D eigenvalue weighted by atomic mass is 10.2. The first kappa shape index (κ1) is 11.6. The Morgan fingerprint density at radius 2 is 1.60 bits per heavy atom. The van der Waals surface area contributed by atoms with Gasteiger partial charge in [0.25, 0.3) is 0 Å². The molecule has 1 rings (SSSR count). The molecule has 0 aromatic heterocycles. The average molecular weight is 209 g/mol. The van der Waals surface area contributed by atoms with Crippen molar-refractivity contribution in [3.8, 4) is 0 Å². The van der Waals surface area contributed by atoms with Crippen LogP contribution in [0.3, 0.4) is 0 Å². The predicted molar refractivity (Wildman–Crippen MR) is 57.6 cm³/mol. The summed E-state index contributed by atoms with van der Waals surface area (Å²) in [4.78, 5) is 1.87. The van der Waals surface area contributed by atoms with Crippen LogP contribution in [0.1, 0.15) is 0 Å². The van der Waals surface area contributed by atoms with Gasteiger partial charge >= 0.3 is 0 Å². The zero-order valence-corrected chi connectivity index (χ0v) is 8.43. The summed E-state index contributed by atoms with van der Waals surface area (Å²) < 4.78 is 0. The fourth-order valence-electron chi connectivity index (χ4n) is 1.35. The summed E-state index contributed by atoms with van der Waals surface area (Å²) >= 11 is 0. The van der Waals surface area contributed by atoms with Crippen LogP contribution in [-0.4, -0.2) is 36.5 Å². The quantitative estimate of drug-likeness (QED) is 0.614. The maximum absolute atomic E-state index is 8.85. The molecule has 0 aliphatic heterocycles. The lowest BCUT2D eigenvalue weighted by molar-refractivity contribution is 0.281. The van der Waals surface area contributed by atoms with Crippen molar-refractivity contribution in [2.45, 2.75) is 0 Å². The van der Waals surface area contributed by atoms with Gasteiger partial charge in [0, 0.05) is 18.8 Å². The molecular formula is C10H15N3O2. The van der Waals surface area contributed by atoms with Gasteiger partial charge < -0.3 is 15.1 Å². The number of hydrogen-bond donors (Lipinski definition) is 3. The van der Waals surface area contributed by atoms with E-state index in [1.807, 2.05) is 17.0 Å². The lowest BCUT2D eigenvalue weighted by Crippen LogP contribution is -2.29. The van der Waals surface area contributed by atoms with E-state index < -0.39 is 0 Å².